The van der Waals surface area contributed by atoms with Gasteiger partial charge in [0.15, 0.2) is 5.96 Å². The molecule has 0 radical (unpaired) electrons. The number of rotatable bonds is 5. The Bertz CT molecular complexity index is 452. The second kappa shape index (κ2) is 7.58. The quantitative estimate of drug-likeness (QED) is 0.566. The maximum atomic E-state index is 11.6. The summed E-state index contributed by atoms with van der Waals surface area (Å²) in [6, 6.07) is 3.18. The van der Waals surface area contributed by atoms with Crippen molar-refractivity contribution in [1.29, 1.82) is 5.41 Å². The van der Waals surface area contributed by atoms with Crippen LogP contribution in [0.1, 0.15) is 19.0 Å². The van der Waals surface area contributed by atoms with Gasteiger partial charge in [-0.1, -0.05) is 11.6 Å². The molecule has 0 spiro atoms. The molecule has 4 N–H and O–H groups in total. The molecule has 0 saturated carbocycles. The van der Waals surface area contributed by atoms with E-state index in [1.165, 1.54) is 4.90 Å². The van der Waals surface area contributed by atoms with Crippen molar-refractivity contribution in [3.63, 3.8) is 0 Å². The minimum Gasteiger partial charge on any atom is -0.370 e. The molecule has 1 aromatic rings. The number of urea groups is 1. The summed E-state index contributed by atoms with van der Waals surface area (Å²) < 4.78 is 0. The summed E-state index contributed by atoms with van der Waals surface area (Å²) in [5.41, 5.74) is 6.17. The molecular weight excluding hydrogens is 266 g/mol. The molecule has 19 heavy (non-hydrogen) atoms. The molecule has 1 aromatic heterocycles. The van der Waals surface area contributed by atoms with Crippen molar-refractivity contribution in [2.75, 3.05) is 13.1 Å². The fraction of sp³-hybridized carbons (Fsp3) is 0.417. The summed E-state index contributed by atoms with van der Waals surface area (Å²) in [4.78, 5) is 17.0. The lowest BCUT2D eigenvalue weighted by molar-refractivity contribution is 0.220. The molecule has 0 aromatic carbocycles. The van der Waals surface area contributed by atoms with E-state index < -0.39 is 0 Å². The first-order valence-corrected chi connectivity index (χ1v) is 6.42. The fourth-order valence-electron chi connectivity index (χ4n) is 1.59. The van der Waals surface area contributed by atoms with Gasteiger partial charge in [-0.25, -0.2) is 4.79 Å². The first-order valence-electron chi connectivity index (χ1n) is 6.05. The number of pyridine rings is 1. The summed E-state index contributed by atoms with van der Waals surface area (Å²) in [6.07, 6.45) is 2.93. The van der Waals surface area contributed by atoms with Gasteiger partial charge in [-0.15, -0.1) is 0 Å². The summed E-state index contributed by atoms with van der Waals surface area (Å²) >= 11 is 5.99. The largest absolute Gasteiger partial charge is 0.370 e. The van der Waals surface area contributed by atoms with E-state index in [4.69, 9.17) is 22.7 Å². The first-order chi connectivity index (χ1) is 9.06. The summed E-state index contributed by atoms with van der Waals surface area (Å²) in [7, 11) is 0. The van der Waals surface area contributed by atoms with Gasteiger partial charge in [0.05, 0.1) is 10.7 Å². The highest BCUT2D eigenvalue weighted by molar-refractivity contribution is 6.31. The highest BCUT2D eigenvalue weighted by Gasteiger charge is 2.15. The first kappa shape index (κ1) is 15.2. The zero-order valence-corrected chi connectivity index (χ0v) is 11.6. The second-order valence-corrected chi connectivity index (χ2v) is 4.32. The number of nitrogens with zero attached hydrogens (tertiary/aromatic N) is 2. The van der Waals surface area contributed by atoms with E-state index in [0.717, 1.165) is 5.69 Å². The molecule has 1 rings (SSSR count). The number of aromatic nitrogens is 1. The Hall–Kier alpha value is -1.82. The van der Waals surface area contributed by atoms with E-state index in [1.54, 1.807) is 18.3 Å². The molecule has 0 aliphatic carbocycles. The van der Waals surface area contributed by atoms with Gasteiger partial charge in [-0.05, 0) is 31.9 Å². The predicted molar refractivity (Wildman–Crippen MR) is 75.3 cm³/mol. The normalized spacial score (nSPS) is 10.0. The number of carbonyl (C=O) groups excluding carboxylic acids is 1. The third kappa shape index (κ3) is 4.75. The van der Waals surface area contributed by atoms with Gasteiger partial charge in [-0.3, -0.25) is 15.3 Å². The van der Waals surface area contributed by atoms with Crippen LogP contribution in [-0.2, 0) is 6.42 Å². The maximum absolute atomic E-state index is 11.6. The van der Waals surface area contributed by atoms with Crippen molar-refractivity contribution in [2.45, 2.75) is 19.8 Å². The van der Waals surface area contributed by atoms with Crippen LogP contribution in [0.4, 0.5) is 4.79 Å². The van der Waals surface area contributed by atoms with Crippen LogP contribution in [-0.4, -0.2) is 35.0 Å². The van der Waals surface area contributed by atoms with Crippen LogP contribution in [0.3, 0.4) is 0 Å². The highest BCUT2D eigenvalue weighted by Crippen LogP contribution is 2.13. The number of aryl methyl sites for hydroxylation is 1. The average molecular weight is 284 g/mol. The zero-order valence-electron chi connectivity index (χ0n) is 10.8. The van der Waals surface area contributed by atoms with E-state index in [1.807, 2.05) is 6.92 Å². The van der Waals surface area contributed by atoms with Gasteiger partial charge in [0.25, 0.3) is 0 Å². The Morgan fingerprint density at radius 1 is 1.63 bits per heavy atom. The van der Waals surface area contributed by atoms with Crippen molar-refractivity contribution in [2.24, 2.45) is 5.73 Å². The minimum atomic E-state index is -0.359. The summed E-state index contributed by atoms with van der Waals surface area (Å²) in [5.74, 6) is -0.266. The van der Waals surface area contributed by atoms with Gasteiger partial charge < -0.3 is 11.1 Å². The van der Waals surface area contributed by atoms with Gasteiger partial charge in [0.1, 0.15) is 0 Å². The van der Waals surface area contributed by atoms with Crippen LogP contribution in [0.25, 0.3) is 0 Å². The zero-order chi connectivity index (χ0) is 14.3. The van der Waals surface area contributed by atoms with Gasteiger partial charge in [-0.2, -0.15) is 0 Å². The second-order valence-electron chi connectivity index (χ2n) is 3.91. The number of nitrogens with two attached hydrogens (primary N) is 1. The topological polar surface area (TPSA) is 95.1 Å². The van der Waals surface area contributed by atoms with Crippen molar-refractivity contribution < 1.29 is 4.79 Å². The van der Waals surface area contributed by atoms with E-state index in [9.17, 15) is 4.79 Å². The number of nitrogens with one attached hydrogen (secondary N) is 2. The van der Waals surface area contributed by atoms with Crippen molar-refractivity contribution in [1.82, 2.24) is 15.2 Å². The van der Waals surface area contributed by atoms with Crippen LogP contribution in [0.15, 0.2) is 18.3 Å². The lowest BCUT2D eigenvalue weighted by Gasteiger charge is -2.20. The van der Waals surface area contributed by atoms with Crippen molar-refractivity contribution >= 4 is 23.6 Å². The Morgan fingerprint density at radius 3 is 2.95 bits per heavy atom. The molecule has 0 aliphatic heterocycles. The SMILES string of the molecule is CCNC(=O)N(CCCc1ncccc1Cl)C(=N)N. The lowest BCUT2D eigenvalue weighted by Crippen LogP contribution is -2.47. The van der Waals surface area contributed by atoms with Crippen LogP contribution in [0, 0.1) is 5.41 Å². The molecule has 0 aliphatic rings. The Labute approximate surface area is 117 Å². The number of carbonyl (C=O) groups is 1. The van der Waals surface area contributed by atoms with Gasteiger partial charge in [0.2, 0.25) is 0 Å². The number of hydrogen-bond donors (Lipinski definition) is 3. The van der Waals surface area contributed by atoms with E-state index in [0.29, 0.717) is 31.0 Å². The Morgan fingerprint density at radius 2 is 2.37 bits per heavy atom. The molecule has 0 saturated heterocycles. The fourth-order valence-corrected chi connectivity index (χ4v) is 1.80. The Balaban J connectivity index is 2.51. The molecule has 0 unspecified atom stereocenters. The van der Waals surface area contributed by atoms with Crippen LogP contribution < -0.4 is 11.1 Å². The van der Waals surface area contributed by atoms with Gasteiger partial charge >= 0.3 is 6.03 Å². The predicted octanol–water partition coefficient (Wildman–Crippen LogP) is 1.59. The summed E-state index contributed by atoms with van der Waals surface area (Å²) in [6.45, 7) is 2.66. The molecule has 2 amide bonds. The minimum absolute atomic E-state index is 0.266. The van der Waals surface area contributed by atoms with Crippen molar-refractivity contribution in [3.8, 4) is 0 Å². The summed E-state index contributed by atoms with van der Waals surface area (Å²) in [5, 5.41) is 10.6. The molecule has 7 heteroatoms. The Kier molecular flexibility index (Phi) is 6.08. The molecule has 0 bridgehead atoms. The van der Waals surface area contributed by atoms with Gasteiger partial charge in [0, 0.05) is 19.3 Å². The lowest BCUT2D eigenvalue weighted by atomic mass is 10.2. The number of guanidine groups is 1. The van der Waals surface area contributed by atoms with Crippen LogP contribution >= 0.6 is 11.6 Å². The third-order valence-corrected chi connectivity index (χ3v) is 2.84. The third-order valence-electron chi connectivity index (χ3n) is 2.49. The van der Waals surface area contributed by atoms with E-state index >= 15 is 0 Å². The monoisotopic (exact) mass is 283 g/mol. The molecule has 6 nitrogen and oxygen atoms in total. The van der Waals surface area contributed by atoms with Crippen LogP contribution in [0.2, 0.25) is 5.02 Å². The standard InChI is InChI=1S/C12H18ClN5O/c1-2-16-12(19)18(11(14)15)8-4-6-10-9(13)5-3-7-17-10/h3,5,7H,2,4,6,8H2,1H3,(H3,14,15)(H,16,19). The van der Waals surface area contributed by atoms with Crippen molar-refractivity contribution in [3.05, 3.63) is 29.0 Å². The molecule has 104 valence electrons. The molecule has 1 heterocycles. The molecule has 0 fully saturated rings. The highest BCUT2D eigenvalue weighted by atomic mass is 35.5. The molecular formula is C12H18ClN5O. The smallest absolute Gasteiger partial charge is 0.324 e. The average Bonchev–Trinajstić information content (AvgIpc) is 2.36. The maximum Gasteiger partial charge on any atom is 0.324 e. The number of hydrogen-bond acceptors (Lipinski definition) is 3. The van der Waals surface area contributed by atoms with E-state index in [-0.39, 0.29) is 12.0 Å². The van der Waals surface area contributed by atoms with E-state index in [2.05, 4.69) is 10.3 Å². The number of halogens is 1. The van der Waals surface area contributed by atoms with Crippen LogP contribution in [0.5, 0.6) is 0 Å². The number of amides is 2. The molecule has 0 atom stereocenters.